The topological polar surface area (TPSA) is 17.0 Å². The van der Waals surface area contributed by atoms with Crippen LogP contribution < -0.4 is 5.32 Å². The first kappa shape index (κ1) is 12.4. The zero-order chi connectivity index (χ0) is 13.2. The highest BCUT2D eigenvalue weighted by Crippen LogP contribution is 2.19. The molecule has 1 saturated carbocycles. The van der Waals surface area contributed by atoms with E-state index in [0.29, 0.717) is 18.2 Å². The summed E-state index contributed by atoms with van der Waals surface area (Å²) < 4.78 is 28.1. The highest BCUT2D eigenvalue weighted by molar-refractivity contribution is 5.20. The van der Waals surface area contributed by atoms with Crippen molar-refractivity contribution in [3.63, 3.8) is 0 Å². The van der Waals surface area contributed by atoms with E-state index >= 15 is 0 Å². The lowest BCUT2D eigenvalue weighted by molar-refractivity contribution is 0.577. The molecule has 1 fully saturated rings. The van der Waals surface area contributed by atoms with Gasteiger partial charge in [-0.05, 0) is 42.2 Å². The average Bonchev–Trinajstić information content (AvgIpc) is 3.06. The fourth-order valence-electron chi connectivity index (χ4n) is 2.16. The molecule has 1 aromatic carbocycles. The van der Waals surface area contributed by atoms with Gasteiger partial charge in [0, 0.05) is 37.6 Å². The summed E-state index contributed by atoms with van der Waals surface area (Å²) in [5.74, 6) is -1.06. The lowest BCUT2D eigenvalue weighted by Crippen LogP contribution is -2.14. The van der Waals surface area contributed by atoms with E-state index in [4.69, 9.17) is 0 Å². The Hall–Kier alpha value is -1.68. The van der Waals surface area contributed by atoms with Crippen LogP contribution in [0.1, 0.15) is 24.0 Å². The Kier molecular flexibility index (Phi) is 3.34. The van der Waals surface area contributed by atoms with Crippen molar-refractivity contribution in [1.82, 2.24) is 9.88 Å². The van der Waals surface area contributed by atoms with E-state index in [-0.39, 0.29) is 0 Å². The second kappa shape index (κ2) is 5.13. The molecule has 1 heterocycles. The van der Waals surface area contributed by atoms with Gasteiger partial charge in [-0.15, -0.1) is 0 Å². The third-order valence-electron chi connectivity index (χ3n) is 3.27. The third-order valence-corrected chi connectivity index (χ3v) is 3.27. The average molecular weight is 262 g/mol. The molecular weight excluding hydrogens is 246 g/mol. The zero-order valence-electron chi connectivity index (χ0n) is 10.6. The van der Waals surface area contributed by atoms with Crippen LogP contribution in [-0.2, 0) is 13.1 Å². The zero-order valence-corrected chi connectivity index (χ0v) is 10.6. The Bertz CT molecular complexity index is 553. The second-order valence-corrected chi connectivity index (χ2v) is 5.12. The van der Waals surface area contributed by atoms with Crippen LogP contribution in [0.15, 0.2) is 36.7 Å². The minimum absolute atomic E-state index is 0.484. The first-order valence-corrected chi connectivity index (χ1v) is 6.52. The molecule has 1 aliphatic carbocycles. The van der Waals surface area contributed by atoms with Crippen LogP contribution in [0.4, 0.5) is 8.78 Å². The van der Waals surface area contributed by atoms with E-state index in [1.165, 1.54) is 30.5 Å². The number of hydrogen-bond acceptors (Lipinski definition) is 1. The van der Waals surface area contributed by atoms with Gasteiger partial charge in [0.25, 0.3) is 0 Å². The Labute approximate surface area is 111 Å². The number of halogens is 2. The molecule has 100 valence electrons. The Morgan fingerprint density at radius 3 is 2.53 bits per heavy atom. The van der Waals surface area contributed by atoms with Crippen molar-refractivity contribution in [3.8, 4) is 0 Å². The molecule has 3 rings (SSSR count). The van der Waals surface area contributed by atoms with Crippen LogP contribution in [0.5, 0.6) is 0 Å². The van der Waals surface area contributed by atoms with Gasteiger partial charge in [-0.1, -0.05) is 0 Å². The predicted molar refractivity (Wildman–Crippen MR) is 69.8 cm³/mol. The summed E-state index contributed by atoms with van der Waals surface area (Å²) in [4.78, 5) is 0. The maximum atomic E-state index is 13.1. The summed E-state index contributed by atoms with van der Waals surface area (Å²) in [6.45, 7) is 1.34. The Morgan fingerprint density at radius 1 is 1.11 bits per heavy atom. The van der Waals surface area contributed by atoms with Gasteiger partial charge < -0.3 is 9.88 Å². The third kappa shape index (κ3) is 3.41. The number of benzene rings is 1. The number of nitrogens with one attached hydrogen (secondary N) is 1. The van der Waals surface area contributed by atoms with E-state index < -0.39 is 11.6 Å². The number of nitrogens with zero attached hydrogens (tertiary/aromatic N) is 1. The molecular formula is C15H16F2N2. The van der Waals surface area contributed by atoms with Gasteiger partial charge in [0.05, 0.1) is 0 Å². The van der Waals surface area contributed by atoms with Gasteiger partial charge >= 0.3 is 0 Å². The van der Waals surface area contributed by atoms with Gasteiger partial charge in [0.1, 0.15) is 11.6 Å². The highest BCUT2D eigenvalue weighted by Gasteiger charge is 2.19. The molecule has 0 bridgehead atoms. The van der Waals surface area contributed by atoms with E-state index in [1.54, 1.807) is 0 Å². The molecule has 4 heteroatoms. The quantitative estimate of drug-likeness (QED) is 0.876. The normalized spacial score (nSPS) is 14.8. The maximum Gasteiger partial charge on any atom is 0.126 e. The van der Waals surface area contributed by atoms with Crippen LogP contribution in [0, 0.1) is 11.6 Å². The van der Waals surface area contributed by atoms with E-state index in [1.807, 2.05) is 23.0 Å². The molecule has 0 amide bonds. The van der Waals surface area contributed by atoms with E-state index in [2.05, 4.69) is 5.32 Å². The van der Waals surface area contributed by atoms with Crippen LogP contribution in [0.25, 0.3) is 0 Å². The minimum Gasteiger partial charge on any atom is -0.350 e. The summed E-state index contributed by atoms with van der Waals surface area (Å²) in [6, 6.07) is 6.34. The maximum absolute atomic E-state index is 13.1. The molecule has 2 nitrogen and oxygen atoms in total. The Morgan fingerprint density at radius 2 is 1.84 bits per heavy atom. The summed E-state index contributed by atoms with van der Waals surface area (Å²) in [7, 11) is 0. The molecule has 0 spiro atoms. The number of aromatic nitrogens is 1. The van der Waals surface area contributed by atoms with Crippen LogP contribution in [0.2, 0.25) is 0 Å². The van der Waals surface area contributed by atoms with E-state index in [9.17, 15) is 8.78 Å². The van der Waals surface area contributed by atoms with Gasteiger partial charge in [-0.25, -0.2) is 8.78 Å². The molecule has 0 saturated heterocycles. The molecule has 2 aromatic rings. The summed E-state index contributed by atoms with van der Waals surface area (Å²) in [5.41, 5.74) is 1.83. The molecule has 0 radical (unpaired) electrons. The lowest BCUT2D eigenvalue weighted by atomic mass is 10.2. The van der Waals surface area contributed by atoms with E-state index in [0.717, 1.165) is 12.6 Å². The van der Waals surface area contributed by atoms with Crippen molar-refractivity contribution >= 4 is 0 Å². The summed E-state index contributed by atoms with van der Waals surface area (Å²) in [5, 5.41) is 3.43. The van der Waals surface area contributed by atoms with Crippen molar-refractivity contribution in [1.29, 1.82) is 0 Å². The largest absolute Gasteiger partial charge is 0.350 e. The van der Waals surface area contributed by atoms with Crippen molar-refractivity contribution in [2.45, 2.75) is 32.0 Å². The van der Waals surface area contributed by atoms with Crippen LogP contribution >= 0.6 is 0 Å². The monoisotopic (exact) mass is 262 g/mol. The summed E-state index contributed by atoms with van der Waals surface area (Å²) >= 11 is 0. The van der Waals surface area contributed by atoms with Crippen molar-refractivity contribution < 1.29 is 8.78 Å². The van der Waals surface area contributed by atoms with Crippen LogP contribution in [0.3, 0.4) is 0 Å². The predicted octanol–water partition coefficient (Wildman–Crippen LogP) is 3.07. The van der Waals surface area contributed by atoms with Gasteiger partial charge in [0.2, 0.25) is 0 Å². The molecule has 1 N–H and O–H groups in total. The van der Waals surface area contributed by atoms with Crippen LogP contribution in [-0.4, -0.2) is 10.6 Å². The molecule has 1 aliphatic rings. The lowest BCUT2D eigenvalue weighted by Gasteiger charge is -2.04. The molecule has 0 atom stereocenters. The Balaban J connectivity index is 1.65. The van der Waals surface area contributed by atoms with Gasteiger partial charge in [0.15, 0.2) is 0 Å². The first-order chi connectivity index (χ1) is 9.19. The summed E-state index contributed by atoms with van der Waals surface area (Å²) in [6.07, 6.45) is 6.48. The van der Waals surface area contributed by atoms with Gasteiger partial charge in [-0.3, -0.25) is 0 Å². The second-order valence-electron chi connectivity index (χ2n) is 5.12. The highest BCUT2D eigenvalue weighted by atomic mass is 19.1. The molecule has 0 unspecified atom stereocenters. The standard InChI is InChI=1S/C15H16F2N2/c16-13-5-12(6-14(17)7-13)10-19-4-3-11(9-19)8-18-15-1-2-15/h3-7,9,15,18H,1-2,8,10H2. The fraction of sp³-hybridized carbons (Fsp3) is 0.333. The number of hydrogen-bond donors (Lipinski definition) is 1. The van der Waals surface area contributed by atoms with Crippen molar-refractivity contribution in [3.05, 3.63) is 59.4 Å². The molecule has 0 aliphatic heterocycles. The SMILES string of the molecule is Fc1cc(F)cc(Cn2ccc(CNC3CC3)c2)c1. The molecule has 19 heavy (non-hydrogen) atoms. The van der Waals surface area contributed by atoms with Crippen molar-refractivity contribution in [2.75, 3.05) is 0 Å². The fourth-order valence-corrected chi connectivity index (χ4v) is 2.16. The minimum atomic E-state index is -0.530. The van der Waals surface area contributed by atoms with Crippen molar-refractivity contribution in [2.24, 2.45) is 0 Å². The number of rotatable bonds is 5. The smallest absolute Gasteiger partial charge is 0.126 e. The van der Waals surface area contributed by atoms with Gasteiger partial charge in [-0.2, -0.15) is 0 Å². The molecule has 1 aromatic heterocycles. The first-order valence-electron chi connectivity index (χ1n) is 6.52.